The second kappa shape index (κ2) is 9.12. The average molecular weight is 385 g/mol. The normalized spacial score (nSPS) is 14.2. The van der Waals surface area contributed by atoms with Crippen LogP contribution in [0.2, 0.25) is 0 Å². The Labute approximate surface area is 162 Å². The summed E-state index contributed by atoms with van der Waals surface area (Å²) in [4.78, 5) is 33.8. The maximum Gasteiger partial charge on any atom is 0.353 e. The van der Waals surface area contributed by atoms with Crippen LogP contribution in [0, 0.1) is 10.1 Å². The molecule has 9 heteroatoms. The lowest BCUT2D eigenvalue weighted by Crippen LogP contribution is -2.26. The number of nitrogens with zero attached hydrogens (tertiary/aromatic N) is 4. The molecule has 0 atom stereocenters. The summed E-state index contributed by atoms with van der Waals surface area (Å²) < 4.78 is 5.06. The third-order valence-electron chi connectivity index (χ3n) is 4.57. The maximum absolute atomic E-state index is 12.2. The van der Waals surface area contributed by atoms with Gasteiger partial charge in [0, 0.05) is 13.1 Å². The second-order valence-electron chi connectivity index (χ2n) is 6.44. The summed E-state index contributed by atoms with van der Waals surface area (Å²) >= 11 is 0. The van der Waals surface area contributed by atoms with Crippen LogP contribution in [-0.4, -0.2) is 40.6 Å². The highest BCUT2D eigenvalue weighted by atomic mass is 16.6. The second-order valence-corrected chi connectivity index (χ2v) is 6.44. The van der Waals surface area contributed by atoms with Crippen molar-refractivity contribution in [2.45, 2.75) is 32.6 Å². The summed E-state index contributed by atoms with van der Waals surface area (Å²) in [5, 5.41) is 14.8. The molecule has 1 aliphatic rings. The van der Waals surface area contributed by atoms with E-state index in [-0.39, 0.29) is 23.7 Å². The Morgan fingerprint density at radius 1 is 1.21 bits per heavy atom. The number of carbonyl (C=O) groups excluding carboxylic acids is 1. The molecule has 148 valence electrons. The van der Waals surface area contributed by atoms with Crippen LogP contribution in [0.25, 0.3) is 0 Å². The third kappa shape index (κ3) is 4.36. The highest BCUT2D eigenvalue weighted by molar-refractivity contribution is 5.96. The monoisotopic (exact) mass is 385 g/mol. The molecule has 0 bridgehead atoms. The maximum atomic E-state index is 12.2. The number of nitrogens with one attached hydrogen (secondary N) is 1. The van der Waals surface area contributed by atoms with E-state index in [1.165, 1.54) is 6.33 Å². The van der Waals surface area contributed by atoms with E-state index in [1.54, 1.807) is 31.2 Å². The van der Waals surface area contributed by atoms with Crippen LogP contribution in [0.1, 0.15) is 43.0 Å². The molecule has 1 N–H and O–H groups in total. The summed E-state index contributed by atoms with van der Waals surface area (Å²) in [6.07, 6.45) is 5.45. The zero-order valence-electron chi connectivity index (χ0n) is 15.8. The molecule has 1 aromatic carbocycles. The first-order chi connectivity index (χ1) is 13.6. The molecule has 3 rings (SSSR count). The largest absolute Gasteiger partial charge is 0.462 e. The van der Waals surface area contributed by atoms with Crippen molar-refractivity contribution >= 4 is 29.0 Å². The van der Waals surface area contributed by atoms with Crippen molar-refractivity contribution in [1.29, 1.82) is 0 Å². The molecule has 0 unspecified atom stereocenters. The molecule has 2 heterocycles. The first kappa shape index (κ1) is 19.5. The Morgan fingerprint density at radius 3 is 2.61 bits per heavy atom. The van der Waals surface area contributed by atoms with E-state index in [0.29, 0.717) is 11.5 Å². The van der Waals surface area contributed by atoms with Gasteiger partial charge in [-0.1, -0.05) is 25.0 Å². The van der Waals surface area contributed by atoms with Gasteiger partial charge in [0.05, 0.1) is 22.8 Å². The number of para-hydroxylation sites is 1. The van der Waals surface area contributed by atoms with Crippen LogP contribution in [0.5, 0.6) is 0 Å². The number of nitro groups is 1. The van der Waals surface area contributed by atoms with E-state index in [4.69, 9.17) is 4.74 Å². The van der Waals surface area contributed by atoms with E-state index in [9.17, 15) is 14.9 Å². The topological polar surface area (TPSA) is 110 Å². The first-order valence-corrected chi connectivity index (χ1v) is 9.39. The van der Waals surface area contributed by atoms with Crippen molar-refractivity contribution < 1.29 is 14.5 Å². The SMILES string of the molecule is CCOC(=O)c1ccccc1Nc1ncnc(N2CCCCCC2)c1[N+](=O)[O-]. The molecule has 1 fully saturated rings. The Balaban J connectivity index is 1.98. The lowest BCUT2D eigenvalue weighted by Gasteiger charge is -2.21. The van der Waals surface area contributed by atoms with Crippen molar-refractivity contribution in [2.75, 3.05) is 29.9 Å². The van der Waals surface area contributed by atoms with Crippen molar-refractivity contribution in [1.82, 2.24) is 9.97 Å². The molecule has 0 radical (unpaired) electrons. The zero-order valence-corrected chi connectivity index (χ0v) is 15.8. The van der Waals surface area contributed by atoms with Gasteiger partial charge in [-0.3, -0.25) is 10.1 Å². The van der Waals surface area contributed by atoms with Crippen LogP contribution in [0.15, 0.2) is 30.6 Å². The summed E-state index contributed by atoms with van der Waals surface area (Å²) in [6, 6.07) is 6.69. The van der Waals surface area contributed by atoms with Gasteiger partial charge in [0.15, 0.2) is 0 Å². The molecule has 1 aromatic heterocycles. The van der Waals surface area contributed by atoms with Crippen LogP contribution in [0.3, 0.4) is 0 Å². The van der Waals surface area contributed by atoms with Gasteiger partial charge >= 0.3 is 11.7 Å². The van der Waals surface area contributed by atoms with Crippen molar-refractivity contribution in [3.63, 3.8) is 0 Å². The fraction of sp³-hybridized carbons (Fsp3) is 0.421. The highest BCUT2D eigenvalue weighted by Crippen LogP contribution is 2.35. The summed E-state index contributed by atoms with van der Waals surface area (Å²) in [7, 11) is 0. The minimum Gasteiger partial charge on any atom is -0.462 e. The fourth-order valence-electron chi connectivity index (χ4n) is 3.25. The Hall–Kier alpha value is -3.23. The van der Waals surface area contributed by atoms with Gasteiger partial charge < -0.3 is 15.0 Å². The summed E-state index contributed by atoms with van der Waals surface area (Å²) in [5.74, 6) is -0.149. The average Bonchev–Trinajstić information content (AvgIpc) is 2.97. The van der Waals surface area contributed by atoms with Gasteiger partial charge in [-0.05, 0) is 31.9 Å². The number of hydrogen-bond acceptors (Lipinski definition) is 8. The van der Waals surface area contributed by atoms with E-state index >= 15 is 0 Å². The van der Waals surface area contributed by atoms with Gasteiger partial charge in [-0.15, -0.1) is 0 Å². The smallest absolute Gasteiger partial charge is 0.353 e. The number of anilines is 3. The molecule has 0 saturated carbocycles. The van der Waals surface area contributed by atoms with Crippen molar-refractivity contribution in [2.24, 2.45) is 0 Å². The van der Waals surface area contributed by atoms with Gasteiger partial charge in [0.1, 0.15) is 6.33 Å². The van der Waals surface area contributed by atoms with Gasteiger partial charge in [0.25, 0.3) is 0 Å². The third-order valence-corrected chi connectivity index (χ3v) is 4.57. The number of carbonyl (C=O) groups is 1. The standard InChI is InChI=1S/C19H23N5O4/c1-2-28-19(25)14-9-5-6-10-15(14)22-17-16(24(26)27)18(21-13-20-17)23-11-7-3-4-8-12-23/h5-6,9-10,13H,2-4,7-8,11-12H2,1H3,(H,20,21,22). The van der Waals surface area contributed by atoms with E-state index in [1.807, 2.05) is 4.90 Å². The fourth-order valence-corrected chi connectivity index (χ4v) is 3.25. The number of aromatic nitrogens is 2. The molecule has 1 saturated heterocycles. The van der Waals surface area contributed by atoms with E-state index in [0.717, 1.165) is 38.8 Å². The minimum absolute atomic E-state index is 0.0518. The number of ether oxygens (including phenoxy) is 1. The van der Waals surface area contributed by atoms with Crippen LogP contribution >= 0.6 is 0 Å². The molecule has 28 heavy (non-hydrogen) atoms. The van der Waals surface area contributed by atoms with Crippen molar-refractivity contribution in [3.05, 3.63) is 46.3 Å². The Morgan fingerprint density at radius 2 is 1.93 bits per heavy atom. The molecular weight excluding hydrogens is 362 g/mol. The molecule has 0 amide bonds. The van der Waals surface area contributed by atoms with Gasteiger partial charge in [0.2, 0.25) is 11.6 Å². The van der Waals surface area contributed by atoms with Crippen LogP contribution in [0.4, 0.5) is 23.0 Å². The van der Waals surface area contributed by atoms with Crippen molar-refractivity contribution in [3.8, 4) is 0 Å². The number of benzene rings is 1. The Kier molecular flexibility index (Phi) is 6.36. The van der Waals surface area contributed by atoms with Crippen LogP contribution < -0.4 is 10.2 Å². The number of hydrogen-bond donors (Lipinski definition) is 1. The molecule has 2 aromatic rings. The number of rotatable bonds is 6. The Bertz CT molecular complexity index is 850. The molecule has 1 aliphatic heterocycles. The van der Waals surface area contributed by atoms with Gasteiger partial charge in [-0.2, -0.15) is 0 Å². The van der Waals surface area contributed by atoms with Gasteiger partial charge in [-0.25, -0.2) is 14.8 Å². The first-order valence-electron chi connectivity index (χ1n) is 9.39. The highest BCUT2D eigenvalue weighted by Gasteiger charge is 2.28. The van der Waals surface area contributed by atoms with Crippen LogP contribution in [-0.2, 0) is 4.74 Å². The molecule has 0 aliphatic carbocycles. The lowest BCUT2D eigenvalue weighted by molar-refractivity contribution is -0.383. The minimum atomic E-state index is -0.505. The molecule has 0 spiro atoms. The zero-order chi connectivity index (χ0) is 19.9. The van der Waals surface area contributed by atoms with E-state index in [2.05, 4.69) is 15.3 Å². The summed E-state index contributed by atoms with van der Waals surface area (Å²) in [6.45, 7) is 3.39. The quantitative estimate of drug-likeness (QED) is 0.455. The predicted molar refractivity (Wildman–Crippen MR) is 105 cm³/mol. The summed E-state index contributed by atoms with van der Waals surface area (Å²) in [5.41, 5.74) is 0.487. The molecular formula is C19H23N5O4. The lowest BCUT2D eigenvalue weighted by atomic mass is 10.1. The molecule has 9 nitrogen and oxygen atoms in total. The number of esters is 1. The van der Waals surface area contributed by atoms with E-state index < -0.39 is 10.9 Å². The predicted octanol–water partition coefficient (Wildman–Crippen LogP) is 3.69.